The SMILES string of the molecule is ON=C(Cc1ccc(F)c(Br)c1)c1nonc1SCC(F)(F)F. The molecule has 0 radical (unpaired) electrons. The second-order valence-electron chi connectivity index (χ2n) is 4.29. The van der Waals surface area contributed by atoms with Gasteiger partial charge >= 0.3 is 6.18 Å². The molecule has 0 fully saturated rings. The normalized spacial score (nSPS) is 12.7. The van der Waals surface area contributed by atoms with E-state index in [1.807, 2.05) is 0 Å². The molecule has 0 amide bonds. The second kappa shape index (κ2) is 7.30. The Morgan fingerprint density at radius 2 is 2.09 bits per heavy atom. The van der Waals surface area contributed by atoms with Crippen LogP contribution in [0.2, 0.25) is 0 Å². The standard InChI is InChI=1S/C12H8BrF4N3O2S/c13-7-3-6(1-2-8(7)14)4-9(18-21)10-11(20-22-19-10)23-5-12(15,16)17/h1-3,21H,4-5H2. The van der Waals surface area contributed by atoms with Crippen molar-refractivity contribution in [1.82, 2.24) is 10.3 Å². The Kier molecular flexibility index (Phi) is 5.63. The topological polar surface area (TPSA) is 71.5 Å². The van der Waals surface area contributed by atoms with Crippen LogP contribution >= 0.6 is 27.7 Å². The molecule has 0 saturated carbocycles. The van der Waals surface area contributed by atoms with Crippen LogP contribution in [-0.4, -0.2) is 33.2 Å². The molecular weight excluding hydrogens is 406 g/mol. The molecule has 2 aromatic rings. The fourth-order valence-corrected chi connectivity index (χ4v) is 2.72. The molecule has 0 atom stereocenters. The fourth-order valence-electron chi connectivity index (χ4n) is 1.61. The van der Waals surface area contributed by atoms with Crippen molar-refractivity contribution in [1.29, 1.82) is 0 Å². The van der Waals surface area contributed by atoms with Gasteiger partial charge in [-0.25, -0.2) is 9.02 Å². The van der Waals surface area contributed by atoms with Crippen molar-refractivity contribution >= 4 is 33.4 Å². The minimum absolute atomic E-state index is 0.00315. The predicted molar refractivity (Wildman–Crippen MR) is 77.2 cm³/mol. The van der Waals surface area contributed by atoms with Gasteiger partial charge in [-0.1, -0.05) is 23.0 Å². The zero-order valence-corrected chi connectivity index (χ0v) is 13.5. The molecule has 0 bridgehead atoms. The highest BCUT2D eigenvalue weighted by atomic mass is 79.9. The summed E-state index contributed by atoms with van der Waals surface area (Å²) in [5, 5.41) is 18.8. The third kappa shape index (κ3) is 4.93. The van der Waals surface area contributed by atoms with Gasteiger partial charge in [-0.15, -0.1) is 0 Å². The van der Waals surface area contributed by atoms with Crippen molar-refractivity contribution in [3.8, 4) is 0 Å². The van der Waals surface area contributed by atoms with E-state index in [0.29, 0.717) is 17.3 Å². The van der Waals surface area contributed by atoms with Crippen LogP contribution < -0.4 is 0 Å². The van der Waals surface area contributed by atoms with Crippen molar-refractivity contribution < 1.29 is 27.4 Å². The zero-order chi connectivity index (χ0) is 17.0. The van der Waals surface area contributed by atoms with Crippen molar-refractivity contribution in [2.45, 2.75) is 17.6 Å². The van der Waals surface area contributed by atoms with Crippen LogP contribution in [0.5, 0.6) is 0 Å². The minimum Gasteiger partial charge on any atom is -0.411 e. The maximum Gasteiger partial charge on any atom is 0.398 e. The van der Waals surface area contributed by atoms with Crippen LogP contribution in [0.25, 0.3) is 0 Å². The number of thioether (sulfide) groups is 1. The molecule has 2 rings (SSSR count). The smallest absolute Gasteiger partial charge is 0.398 e. The summed E-state index contributed by atoms with van der Waals surface area (Å²) in [6.45, 7) is 0. The van der Waals surface area contributed by atoms with Gasteiger partial charge in [-0.05, 0) is 43.9 Å². The quantitative estimate of drug-likeness (QED) is 0.263. The van der Waals surface area contributed by atoms with Crippen LogP contribution in [0, 0.1) is 5.82 Å². The van der Waals surface area contributed by atoms with E-state index in [9.17, 15) is 17.6 Å². The lowest BCUT2D eigenvalue weighted by Crippen LogP contribution is -2.12. The Labute approximate surface area is 139 Å². The van der Waals surface area contributed by atoms with Gasteiger partial charge in [-0.2, -0.15) is 13.2 Å². The summed E-state index contributed by atoms with van der Waals surface area (Å²) < 4.78 is 54.6. The van der Waals surface area contributed by atoms with E-state index in [4.69, 9.17) is 5.21 Å². The van der Waals surface area contributed by atoms with Gasteiger partial charge < -0.3 is 5.21 Å². The molecule has 0 aliphatic rings. The van der Waals surface area contributed by atoms with Gasteiger partial charge in [0.15, 0.2) is 10.7 Å². The largest absolute Gasteiger partial charge is 0.411 e. The zero-order valence-electron chi connectivity index (χ0n) is 11.1. The molecule has 1 heterocycles. The first kappa shape index (κ1) is 17.7. The summed E-state index contributed by atoms with van der Waals surface area (Å²) in [5.41, 5.74) is 0.414. The lowest BCUT2D eigenvalue weighted by Gasteiger charge is -2.06. The predicted octanol–water partition coefficient (Wildman–Crippen LogP) is 4.05. The van der Waals surface area contributed by atoms with E-state index in [0.717, 1.165) is 0 Å². The number of halogens is 5. The van der Waals surface area contributed by atoms with E-state index in [1.165, 1.54) is 18.2 Å². The Morgan fingerprint density at radius 3 is 2.70 bits per heavy atom. The van der Waals surface area contributed by atoms with Gasteiger partial charge in [0, 0.05) is 6.42 Å². The highest BCUT2D eigenvalue weighted by molar-refractivity contribution is 9.10. The number of alkyl halides is 3. The van der Waals surface area contributed by atoms with Crippen molar-refractivity contribution in [3.05, 3.63) is 39.7 Å². The van der Waals surface area contributed by atoms with E-state index in [1.54, 1.807) is 0 Å². The lowest BCUT2D eigenvalue weighted by atomic mass is 10.1. The Morgan fingerprint density at radius 1 is 1.35 bits per heavy atom. The fraction of sp³-hybridized carbons (Fsp3) is 0.250. The van der Waals surface area contributed by atoms with Crippen LogP contribution in [0.4, 0.5) is 17.6 Å². The summed E-state index contributed by atoms with van der Waals surface area (Å²) in [5.74, 6) is -1.66. The van der Waals surface area contributed by atoms with E-state index < -0.39 is 17.7 Å². The monoisotopic (exact) mass is 413 g/mol. The van der Waals surface area contributed by atoms with E-state index >= 15 is 0 Å². The van der Waals surface area contributed by atoms with E-state index in [-0.39, 0.29) is 27.3 Å². The highest BCUT2D eigenvalue weighted by Crippen LogP contribution is 2.28. The summed E-state index contributed by atoms with van der Waals surface area (Å²) in [7, 11) is 0. The molecule has 1 aromatic heterocycles. The molecule has 0 spiro atoms. The molecule has 5 nitrogen and oxygen atoms in total. The molecule has 11 heteroatoms. The number of aromatic nitrogens is 2. The minimum atomic E-state index is -4.39. The number of oxime groups is 1. The molecule has 0 aliphatic carbocycles. The summed E-state index contributed by atoms with van der Waals surface area (Å²) >= 11 is 3.38. The second-order valence-corrected chi connectivity index (χ2v) is 6.11. The van der Waals surface area contributed by atoms with Crippen LogP contribution in [0.3, 0.4) is 0 Å². The molecule has 0 saturated heterocycles. The van der Waals surface area contributed by atoms with Gasteiger partial charge in [0.1, 0.15) is 11.5 Å². The molecule has 0 aliphatic heterocycles. The van der Waals surface area contributed by atoms with E-state index in [2.05, 4.69) is 36.0 Å². The summed E-state index contributed by atoms with van der Waals surface area (Å²) in [4.78, 5) is 0. The maximum absolute atomic E-state index is 13.2. The number of hydrogen-bond donors (Lipinski definition) is 1. The van der Waals surface area contributed by atoms with Gasteiger partial charge in [0.25, 0.3) is 0 Å². The van der Waals surface area contributed by atoms with Gasteiger partial charge in [0.05, 0.1) is 10.2 Å². The van der Waals surface area contributed by atoms with Crippen LogP contribution in [0.1, 0.15) is 11.3 Å². The van der Waals surface area contributed by atoms with Crippen LogP contribution in [0.15, 0.2) is 37.5 Å². The van der Waals surface area contributed by atoms with Crippen molar-refractivity contribution in [2.24, 2.45) is 5.16 Å². The molecule has 1 aromatic carbocycles. The number of benzene rings is 1. The lowest BCUT2D eigenvalue weighted by molar-refractivity contribution is -0.105. The van der Waals surface area contributed by atoms with Gasteiger partial charge in [0.2, 0.25) is 0 Å². The third-order valence-corrected chi connectivity index (χ3v) is 4.20. The summed E-state index contributed by atoms with van der Waals surface area (Å²) in [6.07, 6.45) is -4.39. The number of rotatable bonds is 5. The number of hydrogen-bond acceptors (Lipinski definition) is 6. The first-order valence-corrected chi connectivity index (χ1v) is 7.75. The van der Waals surface area contributed by atoms with Gasteiger partial charge in [-0.3, -0.25) is 0 Å². The molecule has 23 heavy (non-hydrogen) atoms. The molecule has 0 unspecified atom stereocenters. The first-order valence-electron chi connectivity index (χ1n) is 5.97. The van der Waals surface area contributed by atoms with Crippen LogP contribution in [-0.2, 0) is 6.42 Å². The average Bonchev–Trinajstić information content (AvgIpc) is 2.94. The Bertz CT molecular complexity index is 721. The highest BCUT2D eigenvalue weighted by Gasteiger charge is 2.29. The third-order valence-electron chi connectivity index (χ3n) is 2.58. The maximum atomic E-state index is 13.2. The molecule has 124 valence electrons. The number of nitrogens with zero attached hydrogens (tertiary/aromatic N) is 3. The summed E-state index contributed by atoms with van der Waals surface area (Å²) in [6, 6.07) is 4.10. The first-order chi connectivity index (χ1) is 10.8. The molecular formula is C12H8BrF4N3O2S. The average molecular weight is 414 g/mol. The van der Waals surface area contributed by atoms with Crippen molar-refractivity contribution in [3.63, 3.8) is 0 Å². The Hall–Kier alpha value is -1.62. The molecule has 1 N–H and O–H groups in total. The van der Waals surface area contributed by atoms with Crippen molar-refractivity contribution in [2.75, 3.05) is 5.75 Å². The Balaban J connectivity index is 2.18.